The molecule has 28 heavy (non-hydrogen) atoms. The van der Waals surface area contributed by atoms with Crippen LogP contribution in [-0.2, 0) is 0 Å². The Morgan fingerprint density at radius 2 is 0.964 bits per heavy atom. The quantitative estimate of drug-likeness (QED) is 0.445. The fourth-order valence-electron chi connectivity index (χ4n) is 10.7. The van der Waals surface area contributed by atoms with Crippen LogP contribution in [0.3, 0.4) is 0 Å². The van der Waals surface area contributed by atoms with E-state index in [4.69, 9.17) is 0 Å². The normalized spacial score (nSPS) is 57.2. The number of hydrogen-bond donors (Lipinski definition) is 0. The largest absolute Gasteiger partial charge is 0.0596 e. The standard InChI is InChI=1S/C28H46/c1-23-9-12-25(13-10-23,14-11-23)15-16-26-6-4-7-27(21-26,18-17-26)22-28-8-3-5-24(2,19-28)20-28/h3-22H2,1-2H3. The maximum atomic E-state index is 2.60. The van der Waals surface area contributed by atoms with Crippen molar-refractivity contribution >= 4 is 0 Å². The summed E-state index contributed by atoms with van der Waals surface area (Å²) in [6, 6.07) is 0. The zero-order chi connectivity index (χ0) is 19.1. The summed E-state index contributed by atoms with van der Waals surface area (Å²) < 4.78 is 0. The molecule has 0 aromatic carbocycles. The Bertz CT molecular complexity index is 612. The first kappa shape index (κ1) is 18.7. The summed E-state index contributed by atoms with van der Waals surface area (Å²) in [7, 11) is 0. The number of hydrogen-bond acceptors (Lipinski definition) is 0. The summed E-state index contributed by atoms with van der Waals surface area (Å²) in [6.45, 7) is 5.18. The van der Waals surface area contributed by atoms with Gasteiger partial charge in [0, 0.05) is 0 Å². The second-order valence-electron chi connectivity index (χ2n) is 14.5. The van der Waals surface area contributed by atoms with Gasteiger partial charge in [-0.25, -0.2) is 0 Å². The van der Waals surface area contributed by atoms with Crippen LogP contribution in [0.15, 0.2) is 0 Å². The first-order valence-electron chi connectivity index (χ1n) is 13.3. The molecule has 8 aliphatic rings. The molecule has 0 saturated heterocycles. The van der Waals surface area contributed by atoms with E-state index in [-0.39, 0.29) is 0 Å². The lowest BCUT2D eigenvalue weighted by atomic mass is 9.43. The summed E-state index contributed by atoms with van der Waals surface area (Å²) in [5, 5.41) is 0. The lowest BCUT2D eigenvalue weighted by Crippen LogP contribution is -2.51. The molecule has 0 aromatic rings. The number of rotatable bonds is 5. The molecule has 0 nitrogen and oxygen atoms in total. The molecule has 2 atom stereocenters. The molecule has 0 amide bonds. The third kappa shape index (κ3) is 2.89. The Morgan fingerprint density at radius 1 is 0.429 bits per heavy atom. The summed E-state index contributed by atoms with van der Waals surface area (Å²) in [5.41, 5.74) is 4.65. The molecule has 0 aliphatic heterocycles. The van der Waals surface area contributed by atoms with Crippen molar-refractivity contribution in [2.75, 3.05) is 0 Å². The first-order chi connectivity index (χ1) is 13.3. The summed E-state index contributed by atoms with van der Waals surface area (Å²) in [5.74, 6) is 0. The monoisotopic (exact) mass is 382 g/mol. The van der Waals surface area contributed by atoms with Gasteiger partial charge in [0.25, 0.3) is 0 Å². The topological polar surface area (TPSA) is 0 Å². The molecule has 0 heteroatoms. The summed E-state index contributed by atoms with van der Waals surface area (Å²) >= 11 is 0. The third-order valence-electron chi connectivity index (χ3n) is 12.2. The Balaban J connectivity index is 1.12. The SMILES string of the molecule is CC12CCC(CCC34CCCC(CC56CCCC(C)(C5)C6)(CC3)C4)(CC1)CC2. The van der Waals surface area contributed by atoms with Crippen LogP contribution in [-0.4, -0.2) is 0 Å². The highest BCUT2D eigenvalue weighted by atomic mass is 14.6. The van der Waals surface area contributed by atoms with Crippen LogP contribution in [0.4, 0.5) is 0 Å². The fourth-order valence-corrected chi connectivity index (χ4v) is 10.7. The van der Waals surface area contributed by atoms with Crippen LogP contribution in [0.2, 0.25) is 0 Å². The van der Waals surface area contributed by atoms with Crippen molar-refractivity contribution in [3.8, 4) is 0 Å². The Labute approximate surface area is 175 Å². The van der Waals surface area contributed by atoms with E-state index in [2.05, 4.69) is 13.8 Å². The van der Waals surface area contributed by atoms with E-state index in [1.165, 1.54) is 6.42 Å². The lowest BCUT2D eigenvalue weighted by Gasteiger charge is -2.62. The highest BCUT2D eigenvalue weighted by Crippen LogP contribution is 2.72. The lowest BCUT2D eigenvalue weighted by molar-refractivity contribution is -0.114. The molecular formula is C28H46. The van der Waals surface area contributed by atoms with E-state index in [1.807, 2.05) is 0 Å². The van der Waals surface area contributed by atoms with Gasteiger partial charge in [-0.05, 0) is 148 Å². The van der Waals surface area contributed by atoms with Gasteiger partial charge in [-0.3, -0.25) is 0 Å². The fraction of sp³-hybridized carbons (Fsp3) is 1.00. The molecule has 8 fully saturated rings. The molecule has 158 valence electrons. The minimum atomic E-state index is 0.740. The highest BCUT2D eigenvalue weighted by molar-refractivity contribution is 5.11. The molecule has 2 unspecified atom stereocenters. The summed E-state index contributed by atoms with van der Waals surface area (Å²) in [4.78, 5) is 0. The minimum Gasteiger partial charge on any atom is -0.0596 e. The molecule has 8 rings (SSSR count). The van der Waals surface area contributed by atoms with Crippen molar-refractivity contribution in [2.24, 2.45) is 32.5 Å². The van der Waals surface area contributed by atoms with E-state index in [1.54, 1.807) is 122 Å². The molecule has 8 aliphatic carbocycles. The Kier molecular flexibility index (Phi) is 3.90. The minimum absolute atomic E-state index is 0.740. The van der Waals surface area contributed by atoms with Gasteiger partial charge < -0.3 is 0 Å². The van der Waals surface area contributed by atoms with Crippen LogP contribution in [0.1, 0.15) is 142 Å². The molecule has 8 saturated carbocycles. The van der Waals surface area contributed by atoms with Gasteiger partial charge in [0.1, 0.15) is 0 Å². The Hall–Kier alpha value is 0. The zero-order valence-electron chi connectivity index (χ0n) is 19.1. The average molecular weight is 383 g/mol. The van der Waals surface area contributed by atoms with Gasteiger partial charge in [-0.15, -0.1) is 0 Å². The molecular weight excluding hydrogens is 336 g/mol. The average Bonchev–Trinajstić information content (AvgIpc) is 2.91. The van der Waals surface area contributed by atoms with E-state index in [0.717, 1.165) is 32.5 Å². The molecule has 6 bridgehead atoms. The smallest absolute Gasteiger partial charge is 0.0282 e. The van der Waals surface area contributed by atoms with E-state index in [0.29, 0.717) is 0 Å². The molecule has 0 spiro atoms. The first-order valence-corrected chi connectivity index (χ1v) is 13.3. The number of fused-ring (bicyclic) bond motifs is 7. The van der Waals surface area contributed by atoms with Crippen LogP contribution in [0, 0.1) is 32.5 Å². The highest BCUT2D eigenvalue weighted by Gasteiger charge is 2.60. The third-order valence-corrected chi connectivity index (χ3v) is 12.2. The second kappa shape index (κ2) is 5.82. The van der Waals surface area contributed by atoms with Gasteiger partial charge in [-0.1, -0.05) is 26.7 Å². The van der Waals surface area contributed by atoms with Crippen LogP contribution in [0.5, 0.6) is 0 Å². The van der Waals surface area contributed by atoms with Crippen LogP contribution >= 0.6 is 0 Å². The maximum absolute atomic E-state index is 2.60. The second-order valence-corrected chi connectivity index (χ2v) is 14.5. The van der Waals surface area contributed by atoms with Gasteiger partial charge in [0.15, 0.2) is 0 Å². The van der Waals surface area contributed by atoms with Crippen LogP contribution in [0.25, 0.3) is 0 Å². The molecule has 0 aromatic heterocycles. The van der Waals surface area contributed by atoms with Crippen molar-refractivity contribution in [2.45, 2.75) is 142 Å². The predicted molar refractivity (Wildman–Crippen MR) is 118 cm³/mol. The van der Waals surface area contributed by atoms with Crippen molar-refractivity contribution in [3.05, 3.63) is 0 Å². The van der Waals surface area contributed by atoms with Gasteiger partial charge in [-0.2, -0.15) is 0 Å². The van der Waals surface area contributed by atoms with Gasteiger partial charge >= 0.3 is 0 Å². The van der Waals surface area contributed by atoms with E-state index >= 15 is 0 Å². The van der Waals surface area contributed by atoms with Crippen molar-refractivity contribution in [1.29, 1.82) is 0 Å². The van der Waals surface area contributed by atoms with Crippen molar-refractivity contribution in [1.82, 2.24) is 0 Å². The predicted octanol–water partition coefficient (Wildman–Crippen LogP) is 8.83. The summed E-state index contributed by atoms with van der Waals surface area (Å²) in [6.07, 6.45) is 31.7. The van der Waals surface area contributed by atoms with Gasteiger partial charge in [0.2, 0.25) is 0 Å². The van der Waals surface area contributed by atoms with E-state index < -0.39 is 0 Å². The molecule has 0 heterocycles. The Morgan fingerprint density at radius 3 is 1.68 bits per heavy atom. The van der Waals surface area contributed by atoms with Crippen LogP contribution < -0.4 is 0 Å². The maximum Gasteiger partial charge on any atom is -0.0282 e. The van der Waals surface area contributed by atoms with E-state index in [9.17, 15) is 0 Å². The van der Waals surface area contributed by atoms with Gasteiger partial charge in [0.05, 0.1) is 0 Å². The van der Waals surface area contributed by atoms with Crippen molar-refractivity contribution in [3.63, 3.8) is 0 Å². The van der Waals surface area contributed by atoms with Crippen molar-refractivity contribution < 1.29 is 0 Å². The zero-order valence-corrected chi connectivity index (χ0v) is 19.1. The molecule has 0 radical (unpaired) electrons. The molecule has 0 N–H and O–H groups in total.